The molecule has 1 N–H and O–H groups in total. The number of likely N-dealkylation sites (tertiary alicyclic amines) is 1. The summed E-state index contributed by atoms with van der Waals surface area (Å²) in [6.07, 6.45) is 2.00. The van der Waals surface area contributed by atoms with E-state index in [-0.39, 0.29) is 48.7 Å². The molecule has 1 aliphatic rings. The number of hydrogen-bond donors (Lipinski definition) is 1. The molecule has 38 heavy (non-hydrogen) atoms. The Labute approximate surface area is 221 Å². The van der Waals surface area contributed by atoms with Crippen molar-refractivity contribution >= 4 is 17.6 Å². The molecule has 198 valence electrons. The highest BCUT2D eigenvalue weighted by atomic mass is 19.1. The number of nitrogens with zero attached hydrogens (tertiary/aromatic N) is 1. The summed E-state index contributed by atoms with van der Waals surface area (Å²) in [6, 6.07) is 19.5. The third-order valence-electron chi connectivity index (χ3n) is 7.08. The van der Waals surface area contributed by atoms with E-state index < -0.39 is 11.8 Å². The zero-order chi connectivity index (χ0) is 27.1. The number of carbonyl (C=O) groups excluding carboxylic acids is 3. The standard InChI is InChI=1S/C31H32F2N2O3/c1-21-5-11-24(12-6-21)31(38)35-19-27(29(36)4-2-3-22-7-13-25(32)14-8-22)28(20-35)30(37)34-18-17-23-9-15-26(33)16-10-23/h5-16,27-28H,2-4,17-20H2,1H3,(H,34,37)/t27-,28-/m1/s1. The van der Waals surface area contributed by atoms with Crippen LogP contribution in [0.2, 0.25) is 0 Å². The van der Waals surface area contributed by atoms with E-state index in [0.29, 0.717) is 31.4 Å². The maximum atomic E-state index is 13.3. The zero-order valence-electron chi connectivity index (χ0n) is 21.5. The Balaban J connectivity index is 1.40. The van der Waals surface area contributed by atoms with Crippen molar-refractivity contribution in [3.8, 4) is 0 Å². The van der Waals surface area contributed by atoms with Crippen LogP contribution in [0.5, 0.6) is 0 Å². The van der Waals surface area contributed by atoms with Crippen molar-refractivity contribution in [2.45, 2.75) is 32.6 Å². The molecule has 0 saturated carbocycles. The summed E-state index contributed by atoms with van der Waals surface area (Å²) in [6.45, 7) is 2.65. The number of carbonyl (C=O) groups is 3. The molecule has 1 saturated heterocycles. The second-order valence-corrected chi connectivity index (χ2v) is 9.90. The summed E-state index contributed by atoms with van der Waals surface area (Å²) < 4.78 is 26.3. The molecular formula is C31H32F2N2O3. The molecule has 0 bridgehead atoms. The molecule has 0 radical (unpaired) electrons. The van der Waals surface area contributed by atoms with Gasteiger partial charge in [0.1, 0.15) is 17.4 Å². The Morgan fingerprint density at radius 2 is 1.34 bits per heavy atom. The normalized spacial score (nSPS) is 16.9. The van der Waals surface area contributed by atoms with Gasteiger partial charge in [-0.2, -0.15) is 0 Å². The number of Topliss-reactive ketones (excluding diaryl/α,β-unsaturated/α-hetero) is 1. The molecular weight excluding hydrogens is 486 g/mol. The lowest BCUT2D eigenvalue weighted by atomic mass is 9.88. The third-order valence-corrected chi connectivity index (χ3v) is 7.08. The van der Waals surface area contributed by atoms with Crippen molar-refractivity contribution in [1.29, 1.82) is 0 Å². The van der Waals surface area contributed by atoms with Gasteiger partial charge in [0.05, 0.1) is 5.92 Å². The highest BCUT2D eigenvalue weighted by Gasteiger charge is 2.43. The Morgan fingerprint density at radius 1 is 0.789 bits per heavy atom. The van der Waals surface area contributed by atoms with Crippen molar-refractivity contribution in [1.82, 2.24) is 10.2 Å². The van der Waals surface area contributed by atoms with Crippen LogP contribution in [-0.2, 0) is 22.4 Å². The van der Waals surface area contributed by atoms with E-state index in [9.17, 15) is 23.2 Å². The Hall–Kier alpha value is -3.87. The SMILES string of the molecule is Cc1ccc(C(=O)N2C[C@@H](C(=O)CCCc3ccc(F)cc3)[C@H](C(=O)NCCc3ccc(F)cc3)C2)cc1. The molecule has 1 heterocycles. The first-order valence-corrected chi connectivity index (χ1v) is 13.0. The summed E-state index contributed by atoms with van der Waals surface area (Å²) in [5, 5.41) is 2.91. The van der Waals surface area contributed by atoms with Gasteiger partial charge in [0.2, 0.25) is 5.91 Å². The molecule has 0 aliphatic carbocycles. The second-order valence-electron chi connectivity index (χ2n) is 9.90. The second kappa shape index (κ2) is 12.6. The van der Waals surface area contributed by atoms with E-state index in [0.717, 1.165) is 16.7 Å². The van der Waals surface area contributed by atoms with Gasteiger partial charge in [-0.1, -0.05) is 42.0 Å². The Morgan fingerprint density at radius 3 is 1.95 bits per heavy atom. The Bertz CT molecular complexity index is 1190. The number of benzene rings is 3. The molecule has 0 unspecified atom stereocenters. The van der Waals surface area contributed by atoms with Gasteiger partial charge < -0.3 is 10.2 Å². The summed E-state index contributed by atoms with van der Waals surface area (Å²) in [4.78, 5) is 41.2. The average Bonchev–Trinajstić information content (AvgIpc) is 3.37. The molecule has 4 rings (SSSR count). The van der Waals surface area contributed by atoms with E-state index >= 15 is 0 Å². The van der Waals surface area contributed by atoms with Crippen LogP contribution in [0, 0.1) is 30.4 Å². The maximum absolute atomic E-state index is 13.3. The van der Waals surface area contributed by atoms with Crippen LogP contribution in [0.3, 0.4) is 0 Å². The highest BCUT2D eigenvalue weighted by molar-refractivity contribution is 5.97. The quantitative estimate of drug-likeness (QED) is 0.415. The van der Waals surface area contributed by atoms with Gasteiger partial charge in [0.25, 0.3) is 5.91 Å². The average molecular weight is 519 g/mol. The van der Waals surface area contributed by atoms with Crippen molar-refractivity contribution in [3.05, 3.63) is 107 Å². The molecule has 1 aliphatic heterocycles. The summed E-state index contributed by atoms with van der Waals surface area (Å²) in [5.41, 5.74) is 3.39. The first-order valence-electron chi connectivity index (χ1n) is 13.0. The van der Waals surface area contributed by atoms with Crippen LogP contribution in [0.1, 0.15) is 39.9 Å². The number of rotatable bonds is 10. The molecule has 1 fully saturated rings. The number of hydrogen-bond acceptors (Lipinski definition) is 3. The van der Waals surface area contributed by atoms with Crippen LogP contribution in [0.15, 0.2) is 72.8 Å². The molecule has 3 aromatic rings. The molecule has 3 aromatic carbocycles. The highest BCUT2D eigenvalue weighted by Crippen LogP contribution is 2.28. The topological polar surface area (TPSA) is 66.5 Å². The van der Waals surface area contributed by atoms with E-state index in [1.807, 2.05) is 19.1 Å². The van der Waals surface area contributed by atoms with E-state index in [4.69, 9.17) is 0 Å². The van der Waals surface area contributed by atoms with Crippen LogP contribution in [0.25, 0.3) is 0 Å². The van der Waals surface area contributed by atoms with Gasteiger partial charge >= 0.3 is 0 Å². The van der Waals surface area contributed by atoms with Crippen molar-refractivity contribution in [2.24, 2.45) is 11.8 Å². The lowest BCUT2D eigenvalue weighted by Gasteiger charge is -2.17. The smallest absolute Gasteiger partial charge is 0.253 e. The van der Waals surface area contributed by atoms with Gasteiger partial charge in [-0.25, -0.2) is 8.78 Å². The number of halogens is 2. The number of nitrogens with one attached hydrogen (secondary N) is 1. The summed E-state index contributed by atoms with van der Waals surface area (Å²) >= 11 is 0. The van der Waals surface area contributed by atoms with Crippen LogP contribution in [-0.4, -0.2) is 42.1 Å². The maximum Gasteiger partial charge on any atom is 0.253 e. The van der Waals surface area contributed by atoms with E-state index in [2.05, 4.69) is 5.32 Å². The fourth-order valence-corrected chi connectivity index (χ4v) is 4.86. The molecule has 2 atom stereocenters. The van der Waals surface area contributed by atoms with Gasteiger partial charge in [-0.3, -0.25) is 14.4 Å². The largest absolute Gasteiger partial charge is 0.355 e. The van der Waals surface area contributed by atoms with Crippen molar-refractivity contribution in [3.63, 3.8) is 0 Å². The third kappa shape index (κ3) is 7.12. The van der Waals surface area contributed by atoms with E-state index in [1.54, 1.807) is 41.3 Å². The van der Waals surface area contributed by atoms with Crippen molar-refractivity contribution < 1.29 is 23.2 Å². The van der Waals surface area contributed by atoms with Gasteiger partial charge in [-0.05, 0) is 73.7 Å². The summed E-state index contributed by atoms with van der Waals surface area (Å²) in [5.74, 6) is -2.37. The van der Waals surface area contributed by atoms with Gasteiger partial charge in [0.15, 0.2) is 0 Å². The minimum Gasteiger partial charge on any atom is -0.355 e. The van der Waals surface area contributed by atoms with E-state index in [1.165, 1.54) is 24.3 Å². The number of ketones is 1. The van der Waals surface area contributed by atoms with Crippen LogP contribution < -0.4 is 5.32 Å². The predicted octanol–water partition coefficient (Wildman–Crippen LogP) is 4.91. The Kier molecular flexibility index (Phi) is 9.00. The van der Waals surface area contributed by atoms with Crippen LogP contribution in [0.4, 0.5) is 8.78 Å². The van der Waals surface area contributed by atoms with Gasteiger partial charge in [0, 0.05) is 37.5 Å². The number of aryl methyl sites for hydroxylation is 2. The summed E-state index contributed by atoms with van der Waals surface area (Å²) in [7, 11) is 0. The van der Waals surface area contributed by atoms with Crippen molar-refractivity contribution in [2.75, 3.05) is 19.6 Å². The van der Waals surface area contributed by atoms with Crippen LogP contribution >= 0.6 is 0 Å². The molecule has 7 heteroatoms. The minimum atomic E-state index is -0.643. The first-order chi connectivity index (χ1) is 18.3. The first kappa shape index (κ1) is 27.2. The fourth-order valence-electron chi connectivity index (χ4n) is 4.86. The fraction of sp³-hybridized carbons (Fsp3) is 0.323. The molecule has 0 aromatic heterocycles. The minimum absolute atomic E-state index is 0.0509. The lowest BCUT2D eigenvalue weighted by molar-refractivity contribution is -0.131. The molecule has 2 amide bonds. The zero-order valence-corrected chi connectivity index (χ0v) is 21.5. The molecule has 5 nitrogen and oxygen atoms in total. The predicted molar refractivity (Wildman–Crippen MR) is 142 cm³/mol. The molecule has 0 spiro atoms. The van der Waals surface area contributed by atoms with Gasteiger partial charge in [-0.15, -0.1) is 0 Å². The monoisotopic (exact) mass is 518 g/mol. The lowest BCUT2D eigenvalue weighted by Crippen LogP contribution is -2.38. The number of amides is 2.